The molecule has 0 aromatic carbocycles. The molecule has 3 heterocycles. The molecule has 3 amide bonds. The van der Waals surface area contributed by atoms with Crippen molar-refractivity contribution in [1.82, 2.24) is 14.8 Å². The summed E-state index contributed by atoms with van der Waals surface area (Å²) >= 11 is 5.69. The number of carbonyl (C=O) groups is 3. The molecule has 196 valence electrons. The first-order valence-corrected chi connectivity index (χ1v) is 11.6. The predicted octanol–water partition coefficient (Wildman–Crippen LogP) is 5.33. The van der Waals surface area contributed by atoms with Gasteiger partial charge in [-0.2, -0.15) is 0 Å². The highest BCUT2D eigenvalue weighted by Gasteiger charge is 2.18. The maximum Gasteiger partial charge on any atom is 0.323 e. The van der Waals surface area contributed by atoms with Crippen LogP contribution in [0.5, 0.6) is 0 Å². The second kappa shape index (κ2) is 22.6. The van der Waals surface area contributed by atoms with E-state index in [1.807, 2.05) is 26.7 Å². The summed E-state index contributed by atoms with van der Waals surface area (Å²) in [6, 6.07) is 3.31. The fourth-order valence-electron chi connectivity index (χ4n) is 2.80. The number of hydrogen-bond acceptors (Lipinski definition) is 5. The highest BCUT2D eigenvalue weighted by molar-refractivity contribution is 6.30. The van der Waals surface area contributed by atoms with E-state index in [4.69, 9.17) is 22.1 Å². The SMILES string of the molecule is C/C=C(\C)N.C=C.C=O.O=C(C/C=C/F)N1CCCC1.O=C(Nc1ccc(Cl)cn1)N1CCCC1. The summed E-state index contributed by atoms with van der Waals surface area (Å²) in [5.41, 5.74) is 6.03. The molecular formula is C25H39ClFN5O3. The van der Waals surface area contributed by atoms with Gasteiger partial charge in [-0.15, -0.1) is 13.2 Å². The van der Waals surface area contributed by atoms with Crippen LogP contribution in [0.2, 0.25) is 5.02 Å². The third-order valence-electron chi connectivity index (χ3n) is 4.65. The highest BCUT2D eigenvalue weighted by Crippen LogP contribution is 2.12. The van der Waals surface area contributed by atoms with Crippen LogP contribution >= 0.6 is 11.6 Å². The zero-order chi connectivity index (χ0) is 27.1. The topological polar surface area (TPSA) is 109 Å². The number of pyridine rings is 1. The van der Waals surface area contributed by atoms with E-state index in [1.54, 1.807) is 21.9 Å². The fraction of sp³-hybridized carbons (Fsp3) is 0.440. The molecule has 3 N–H and O–H groups in total. The number of halogens is 2. The molecular weight excluding hydrogens is 473 g/mol. The Kier molecular flexibility index (Phi) is 21.9. The van der Waals surface area contributed by atoms with Crippen molar-refractivity contribution in [3.05, 3.63) is 60.7 Å². The number of rotatable bonds is 3. The molecule has 0 aliphatic carbocycles. The van der Waals surface area contributed by atoms with Gasteiger partial charge < -0.3 is 20.3 Å². The Morgan fingerprint density at radius 2 is 1.60 bits per heavy atom. The number of nitrogens with one attached hydrogen (secondary N) is 1. The minimum atomic E-state index is -0.0812. The maximum atomic E-state index is 11.6. The van der Waals surface area contributed by atoms with Crippen molar-refractivity contribution in [3.8, 4) is 0 Å². The van der Waals surface area contributed by atoms with Gasteiger partial charge in [0.1, 0.15) is 12.6 Å². The summed E-state index contributed by atoms with van der Waals surface area (Å²) < 4.78 is 11.5. The van der Waals surface area contributed by atoms with Gasteiger partial charge >= 0.3 is 6.03 Å². The van der Waals surface area contributed by atoms with Crippen LogP contribution in [0.4, 0.5) is 15.0 Å². The van der Waals surface area contributed by atoms with Crippen LogP contribution in [0.25, 0.3) is 0 Å². The van der Waals surface area contributed by atoms with Gasteiger partial charge in [0.2, 0.25) is 5.91 Å². The second-order valence-electron chi connectivity index (χ2n) is 7.17. The smallest absolute Gasteiger partial charge is 0.323 e. The lowest BCUT2D eigenvalue weighted by Gasteiger charge is -2.15. The normalized spacial score (nSPS) is 14.2. The number of likely N-dealkylation sites (tertiary alicyclic amines) is 2. The predicted molar refractivity (Wildman–Crippen MR) is 142 cm³/mol. The molecule has 2 fully saturated rings. The number of aromatic nitrogens is 1. The van der Waals surface area contributed by atoms with E-state index in [1.165, 1.54) is 12.3 Å². The van der Waals surface area contributed by atoms with Gasteiger partial charge in [0.05, 0.1) is 11.4 Å². The second-order valence-corrected chi connectivity index (χ2v) is 7.61. The number of allylic oxidation sites excluding steroid dienone is 2. The van der Waals surface area contributed by atoms with Crippen molar-refractivity contribution in [2.45, 2.75) is 46.0 Å². The van der Waals surface area contributed by atoms with Crippen molar-refractivity contribution in [1.29, 1.82) is 0 Å². The summed E-state index contributed by atoms with van der Waals surface area (Å²) in [4.78, 5) is 38.3. The van der Waals surface area contributed by atoms with Crippen molar-refractivity contribution in [2.75, 3.05) is 31.5 Å². The number of nitrogens with zero attached hydrogens (tertiary/aromatic N) is 3. The van der Waals surface area contributed by atoms with E-state index in [0.717, 1.165) is 57.6 Å². The van der Waals surface area contributed by atoms with Crippen LogP contribution in [0.3, 0.4) is 0 Å². The average Bonchev–Trinajstić information content (AvgIpc) is 3.62. The lowest BCUT2D eigenvalue weighted by atomic mass is 10.4. The monoisotopic (exact) mass is 511 g/mol. The molecule has 1 aromatic heterocycles. The molecule has 35 heavy (non-hydrogen) atoms. The molecule has 0 atom stereocenters. The van der Waals surface area contributed by atoms with Crippen LogP contribution in [-0.4, -0.2) is 59.7 Å². The number of amides is 3. The van der Waals surface area contributed by atoms with Gasteiger partial charge in [0.25, 0.3) is 0 Å². The number of carbonyl (C=O) groups excluding carboxylic acids is 3. The number of hydrogen-bond donors (Lipinski definition) is 2. The van der Waals surface area contributed by atoms with Gasteiger partial charge in [-0.3, -0.25) is 10.1 Å². The zero-order valence-electron chi connectivity index (χ0n) is 20.8. The van der Waals surface area contributed by atoms with Crippen molar-refractivity contribution in [3.63, 3.8) is 0 Å². The van der Waals surface area contributed by atoms with Crippen LogP contribution < -0.4 is 11.1 Å². The number of nitrogens with two attached hydrogens (primary N) is 1. The van der Waals surface area contributed by atoms with Gasteiger partial charge in [-0.25, -0.2) is 14.2 Å². The first-order valence-electron chi connectivity index (χ1n) is 11.2. The summed E-state index contributed by atoms with van der Waals surface area (Å²) in [6.07, 6.45) is 9.60. The molecule has 2 saturated heterocycles. The minimum Gasteiger partial charge on any atom is -0.403 e. The van der Waals surface area contributed by atoms with E-state index in [-0.39, 0.29) is 18.4 Å². The number of urea groups is 1. The average molecular weight is 512 g/mol. The van der Waals surface area contributed by atoms with Crippen molar-refractivity contribution in [2.24, 2.45) is 5.73 Å². The highest BCUT2D eigenvalue weighted by atomic mass is 35.5. The van der Waals surface area contributed by atoms with E-state index >= 15 is 0 Å². The zero-order valence-corrected chi connectivity index (χ0v) is 21.6. The Labute approximate surface area is 213 Å². The molecule has 2 aliphatic rings. The van der Waals surface area contributed by atoms with Gasteiger partial charge in [-0.1, -0.05) is 17.7 Å². The van der Waals surface area contributed by atoms with E-state index in [9.17, 15) is 14.0 Å². The molecule has 0 spiro atoms. The van der Waals surface area contributed by atoms with Crippen LogP contribution in [0.1, 0.15) is 46.0 Å². The van der Waals surface area contributed by atoms with E-state index in [2.05, 4.69) is 23.5 Å². The standard InChI is InChI=1S/C10H12ClN3O.C8H12FNO.C4H9N.C2H4.CH2O/c11-8-3-4-9(12-7-8)13-10(15)14-5-1-2-6-14;9-5-3-4-8(11)10-6-1-2-7-10;1-3-4(2)5;2*1-2/h3-4,7H,1-2,5-6H2,(H,12,13,15);3,5H,1-2,4,6-7H2;3H,5H2,1-2H3;1-2H2;1H2/b;5-3+;4-3+;;. The van der Waals surface area contributed by atoms with E-state index < -0.39 is 0 Å². The Hall–Kier alpha value is -3.20. The molecule has 0 saturated carbocycles. The maximum absolute atomic E-state index is 11.6. The summed E-state index contributed by atoms with van der Waals surface area (Å²) in [7, 11) is 0. The molecule has 0 unspecified atom stereocenters. The van der Waals surface area contributed by atoms with Crippen molar-refractivity contribution < 1.29 is 18.8 Å². The third-order valence-corrected chi connectivity index (χ3v) is 4.87. The summed E-state index contributed by atoms with van der Waals surface area (Å²) in [5.74, 6) is 0.577. The minimum absolute atomic E-state index is 0.0383. The first-order chi connectivity index (χ1) is 16.9. The van der Waals surface area contributed by atoms with Crippen molar-refractivity contribution >= 4 is 36.1 Å². The Morgan fingerprint density at radius 3 is 2.00 bits per heavy atom. The van der Waals surface area contributed by atoms with Gasteiger partial charge in [-0.05, 0) is 57.7 Å². The largest absolute Gasteiger partial charge is 0.403 e. The fourth-order valence-corrected chi connectivity index (χ4v) is 2.91. The van der Waals surface area contributed by atoms with Crippen LogP contribution in [-0.2, 0) is 9.59 Å². The molecule has 0 bridgehead atoms. The molecule has 8 nitrogen and oxygen atoms in total. The first kappa shape index (κ1) is 34.0. The van der Waals surface area contributed by atoms with Crippen LogP contribution in [0, 0.1) is 0 Å². The Morgan fingerprint density at radius 1 is 1.11 bits per heavy atom. The molecule has 1 aromatic rings. The van der Waals surface area contributed by atoms with E-state index in [0.29, 0.717) is 17.2 Å². The molecule has 2 aliphatic heterocycles. The molecule has 10 heteroatoms. The van der Waals surface area contributed by atoms with Gasteiger partial charge in [0, 0.05) is 44.5 Å². The Balaban J connectivity index is 0. The number of anilines is 1. The molecule has 0 radical (unpaired) electrons. The lowest BCUT2D eigenvalue weighted by Crippen LogP contribution is -2.32. The Bertz CT molecular complexity index is 757. The quantitative estimate of drug-likeness (QED) is 0.533. The van der Waals surface area contributed by atoms with Gasteiger partial charge in [0.15, 0.2) is 0 Å². The summed E-state index contributed by atoms with van der Waals surface area (Å²) in [5, 5.41) is 3.29. The molecule has 3 rings (SSSR count). The summed E-state index contributed by atoms with van der Waals surface area (Å²) in [6.45, 7) is 15.1. The third kappa shape index (κ3) is 17.0. The lowest BCUT2D eigenvalue weighted by molar-refractivity contribution is -0.129. The van der Waals surface area contributed by atoms with Crippen LogP contribution in [0.15, 0.2) is 55.7 Å².